The number of rotatable bonds is 1. The molecule has 0 aromatic rings. The van der Waals surface area contributed by atoms with E-state index < -0.39 is 6.04 Å². The van der Waals surface area contributed by atoms with E-state index in [1.807, 2.05) is 19.9 Å². The Labute approximate surface area is 143 Å². The molecular weight excluding hydrogens is 306 g/mol. The lowest BCUT2D eigenvalue weighted by atomic mass is 10.1. The predicted molar refractivity (Wildman–Crippen MR) is 93.5 cm³/mol. The fourth-order valence-electron chi connectivity index (χ4n) is 2.14. The van der Waals surface area contributed by atoms with Crippen molar-refractivity contribution in [1.29, 1.82) is 0 Å². The Hall–Kier alpha value is -2.27. The average molecular weight is 331 g/mol. The van der Waals surface area contributed by atoms with Gasteiger partial charge in [-0.3, -0.25) is 9.59 Å². The number of amides is 1. The summed E-state index contributed by atoms with van der Waals surface area (Å²) in [7, 11) is 0. The summed E-state index contributed by atoms with van der Waals surface area (Å²) in [6.07, 6.45) is 12.1. The Bertz CT molecular complexity index is 570. The first-order valence-electron chi connectivity index (χ1n) is 8.03. The number of nitrogens with one attached hydrogen (secondary N) is 1. The number of aldehydes is 1. The summed E-state index contributed by atoms with van der Waals surface area (Å²) >= 11 is 0. The van der Waals surface area contributed by atoms with E-state index in [9.17, 15) is 14.4 Å². The van der Waals surface area contributed by atoms with Crippen LogP contribution in [0.3, 0.4) is 0 Å². The Morgan fingerprint density at radius 3 is 2.75 bits per heavy atom. The Kier molecular flexibility index (Phi) is 9.31. The molecule has 0 saturated carbocycles. The lowest BCUT2D eigenvalue weighted by molar-refractivity contribution is -0.120. The van der Waals surface area contributed by atoms with E-state index in [4.69, 9.17) is 4.74 Å². The lowest BCUT2D eigenvalue weighted by Gasteiger charge is -2.11. The summed E-state index contributed by atoms with van der Waals surface area (Å²) in [5, 5.41) is 2.64. The van der Waals surface area contributed by atoms with Gasteiger partial charge >= 0.3 is 0 Å². The molecule has 1 rings (SSSR count). The van der Waals surface area contributed by atoms with Crippen molar-refractivity contribution in [2.45, 2.75) is 39.2 Å². The van der Waals surface area contributed by atoms with Crippen LogP contribution < -0.4 is 5.32 Å². The molecule has 0 saturated heterocycles. The minimum atomic E-state index is -0.563. The average Bonchev–Trinajstić information content (AvgIpc) is 2.52. The molecule has 130 valence electrons. The summed E-state index contributed by atoms with van der Waals surface area (Å²) in [5.41, 5.74) is 1.83. The van der Waals surface area contributed by atoms with Crippen molar-refractivity contribution in [1.82, 2.24) is 5.32 Å². The van der Waals surface area contributed by atoms with Gasteiger partial charge in [0.1, 0.15) is 6.29 Å². The first kappa shape index (κ1) is 19.8. The van der Waals surface area contributed by atoms with Gasteiger partial charge in [0.2, 0.25) is 5.91 Å². The Morgan fingerprint density at radius 2 is 2.00 bits per heavy atom. The van der Waals surface area contributed by atoms with E-state index in [1.54, 1.807) is 24.3 Å². The lowest BCUT2D eigenvalue weighted by Crippen LogP contribution is -2.35. The highest BCUT2D eigenvalue weighted by Crippen LogP contribution is 2.05. The fraction of sp³-hybridized carbons (Fsp3) is 0.421. The zero-order valence-electron chi connectivity index (χ0n) is 14.3. The van der Waals surface area contributed by atoms with Gasteiger partial charge < -0.3 is 14.8 Å². The standard InChI is InChI=1S/C19H25NO4/c1-15-6-5-8-19(23)20-17(14-21)12-16(2)9-11-24-10-4-3-7-18(22)13-15/h3,5-9,14,17H,4,10-13H2,1-2H3,(H,20,23)/b7-3+,8-5+,15-6-,16-9+/t17-/m1/s1. The highest BCUT2D eigenvalue weighted by atomic mass is 16.5. The van der Waals surface area contributed by atoms with Gasteiger partial charge in [0.25, 0.3) is 0 Å². The molecule has 0 fully saturated rings. The quantitative estimate of drug-likeness (QED) is 0.592. The number of carbonyl (C=O) groups is 3. The topological polar surface area (TPSA) is 72.5 Å². The number of ketones is 1. The molecule has 0 radical (unpaired) electrons. The van der Waals surface area contributed by atoms with Gasteiger partial charge in [0, 0.05) is 12.5 Å². The van der Waals surface area contributed by atoms with Crippen molar-refractivity contribution in [2.24, 2.45) is 0 Å². The van der Waals surface area contributed by atoms with Crippen LogP contribution in [0.5, 0.6) is 0 Å². The van der Waals surface area contributed by atoms with Gasteiger partial charge in [0.15, 0.2) is 5.78 Å². The summed E-state index contributed by atoms with van der Waals surface area (Å²) in [4.78, 5) is 34.7. The van der Waals surface area contributed by atoms with E-state index in [2.05, 4.69) is 5.32 Å². The van der Waals surface area contributed by atoms with E-state index in [0.717, 1.165) is 17.4 Å². The number of carbonyl (C=O) groups excluding carboxylic acids is 3. The second kappa shape index (κ2) is 11.3. The second-order valence-corrected chi connectivity index (χ2v) is 5.79. The van der Waals surface area contributed by atoms with Crippen molar-refractivity contribution in [3.63, 3.8) is 0 Å². The van der Waals surface area contributed by atoms with Crippen LogP contribution in [0, 0.1) is 0 Å². The van der Waals surface area contributed by atoms with Gasteiger partial charge in [-0.25, -0.2) is 0 Å². The van der Waals surface area contributed by atoms with Gasteiger partial charge in [-0.2, -0.15) is 0 Å². The largest absolute Gasteiger partial charge is 0.377 e. The molecule has 1 aliphatic heterocycles. The molecule has 1 atom stereocenters. The van der Waals surface area contributed by atoms with E-state index in [-0.39, 0.29) is 11.7 Å². The van der Waals surface area contributed by atoms with Crippen LogP contribution in [-0.4, -0.2) is 37.2 Å². The second-order valence-electron chi connectivity index (χ2n) is 5.79. The maximum Gasteiger partial charge on any atom is 0.244 e. The van der Waals surface area contributed by atoms with Crippen molar-refractivity contribution >= 4 is 18.0 Å². The zero-order valence-corrected chi connectivity index (χ0v) is 14.3. The fourth-order valence-corrected chi connectivity index (χ4v) is 2.14. The van der Waals surface area contributed by atoms with Gasteiger partial charge in [-0.1, -0.05) is 35.5 Å². The van der Waals surface area contributed by atoms with Crippen molar-refractivity contribution in [3.8, 4) is 0 Å². The predicted octanol–water partition coefficient (Wildman–Crippen LogP) is 2.44. The van der Waals surface area contributed by atoms with E-state index in [1.165, 1.54) is 6.08 Å². The molecular formula is C19H25NO4. The molecule has 0 aromatic carbocycles. The Morgan fingerprint density at radius 1 is 1.21 bits per heavy atom. The van der Waals surface area contributed by atoms with Crippen molar-refractivity contribution < 1.29 is 19.1 Å². The van der Waals surface area contributed by atoms with Crippen molar-refractivity contribution in [3.05, 3.63) is 47.6 Å². The van der Waals surface area contributed by atoms with Crippen LogP contribution >= 0.6 is 0 Å². The highest BCUT2D eigenvalue weighted by Gasteiger charge is 2.10. The molecule has 5 heteroatoms. The van der Waals surface area contributed by atoms with Crippen LogP contribution in [0.4, 0.5) is 0 Å². The van der Waals surface area contributed by atoms with Crippen molar-refractivity contribution in [2.75, 3.05) is 13.2 Å². The van der Waals surface area contributed by atoms with Crippen LogP contribution in [-0.2, 0) is 19.1 Å². The third kappa shape index (κ3) is 9.00. The molecule has 0 spiro atoms. The maximum absolute atomic E-state index is 11.8. The van der Waals surface area contributed by atoms with Crippen LogP contribution in [0.25, 0.3) is 0 Å². The molecule has 0 aromatic heterocycles. The summed E-state index contributed by atoms with van der Waals surface area (Å²) in [5.74, 6) is -0.327. The Balaban J connectivity index is 2.81. The molecule has 5 nitrogen and oxygen atoms in total. The molecule has 0 bridgehead atoms. The third-order valence-corrected chi connectivity index (χ3v) is 3.40. The normalized spacial score (nSPS) is 29.0. The maximum atomic E-state index is 11.8. The summed E-state index contributed by atoms with van der Waals surface area (Å²) in [6, 6.07) is -0.563. The molecule has 1 amide bonds. The smallest absolute Gasteiger partial charge is 0.244 e. The van der Waals surface area contributed by atoms with E-state index >= 15 is 0 Å². The third-order valence-electron chi connectivity index (χ3n) is 3.40. The highest BCUT2D eigenvalue weighted by molar-refractivity contribution is 5.91. The van der Waals surface area contributed by atoms with Gasteiger partial charge in [-0.05, 0) is 32.8 Å². The van der Waals surface area contributed by atoms with Crippen LogP contribution in [0.2, 0.25) is 0 Å². The first-order chi connectivity index (χ1) is 11.5. The minimum Gasteiger partial charge on any atom is -0.377 e. The number of ether oxygens (including phenoxy) is 1. The zero-order chi connectivity index (χ0) is 17.8. The first-order valence-corrected chi connectivity index (χ1v) is 8.03. The molecule has 24 heavy (non-hydrogen) atoms. The SMILES string of the molecule is C/C1=C/C=C/C(=O)N[C@@H](C=O)C/C(C)=C/COCC/C=C/C(=O)C1. The van der Waals surface area contributed by atoms with Gasteiger partial charge in [0.05, 0.1) is 19.3 Å². The minimum absolute atomic E-state index is 0.0134. The number of hydrogen-bond acceptors (Lipinski definition) is 4. The van der Waals surface area contributed by atoms with Crippen LogP contribution in [0.1, 0.15) is 33.1 Å². The number of hydrogen-bond donors (Lipinski definition) is 1. The summed E-state index contributed by atoms with van der Waals surface area (Å²) in [6.45, 7) is 4.69. The molecule has 1 heterocycles. The molecule has 1 aliphatic rings. The van der Waals surface area contributed by atoms with Crippen LogP contribution in [0.15, 0.2) is 47.6 Å². The monoisotopic (exact) mass is 331 g/mol. The summed E-state index contributed by atoms with van der Waals surface area (Å²) < 4.78 is 5.46. The number of allylic oxidation sites excluding steroid dienone is 4. The molecule has 1 N–H and O–H groups in total. The van der Waals surface area contributed by atoms with E-state index in [0.29, 0.717) is 32.5 Å². The molecule has 0 unspecified atom stereocenters. The van der Waals surface area contributed by atoms with Gasteiger partial charge in [-0.15, -0.1) is 0 Å². The molecule has 0 aliphatic carbocycles.